The molecule has 2 aromatic carbocycles. The number of fused-ring (bicyclic) bond motifs is 3. The van der Waals surface area contributed by atoms with E-state index >= 15 is 0 Å². The van der Waals surface area contributed by atoms with Crippen molar-refractivity contribution in [2.45, 2.75) is 11.8 Å². The summed E-state index contributed by atoms with van der Waals surface area (Å²) in [6, 6.07) is 9.78. The second kappa shape index (κ2) is 5.58. The smallest absolute Gasteiger partial charge is 0.224 e. The first-order valence-electron chi connectivity index (χ1n) is 6.43. The molecular formula is C16H11FO2S2. The van der Waals surface area contributed by atoms with Crippen LogP contribution in [0.2, 0.25) is 0 Å². The largest absolute Gasteiger partial charge is 0.479 e. The first-order chi connectivity index (χ1) is 10.1. The molecule has 0 radical (unpaired) electrons. The van der Waals surface area contributed by atoms with E-state index in [1.807, 2.05) is 19.1 Å². The molecule has 0 heterocycles. The first-order valence-corrected chi connectivity index (χ1v) is 7.66. The summed E-state index contributed by atoms with van der Waals surface area (Å²) in [5.74, 6) is -0.537. The van der Waals surface area contributed by atoms with Crippen LogP contribution in [0.15, 0.2) is 41.3 Å². The number of benzene rings is 2. The standard InChI is InChI=1S/C16H11FO2S2/c1-2-19-16(20)21-10-4-6-12-13(8-10)11-5-3-9(17)7-14(11)15(12)18/h3-8H,2H2,1H3. The summed E-state index contributed by atoms with van der Waals surface area (Å²) in [4.78, 5) is 13.2. The van der Waals surface area contributed by atoms with Gasteiger partial charge >= 0.3 is 0 Å². The zero-order valence-corrected chi connectivity index (χ0v) is 12.8. The Balaban J connectivity index is 2.00. The lowest BCUT2D eigenvalue weighted by Crippen LogP contribution is -1.96. The number of carbonyl (C=O) groups excluding carboxylic acids is 1. The zero-order valence-electron chi connectivity index (χ0n) is 11.2. The summed E-state index contributed by atoms with van der Waals surface area (Å²) in [5, 5.41) is 0. The molecule has 21 heavy (non-hydrogen) atoms. The Morgan fingerprint density at radius 1 is 1.14 bits per heavy atom. The van der Waals surface area contributed by atoms with E-state index in [1.165, 1.54) is 23.9 Å². The van der Waals surface area contributed by atoms with Crippen LogP contribution in [0.5, 0.6) is 0 Å². The van der Waals surface area contributed by atoms with Crippen LogP contribution in [0.3, 0.4) is 0 Å². The predicted molar refractivity (Wildman–Crippen MR) is 85.3 cm³/mol. The van der Waals surface area contributed by atoms with Gasteiger partial charge in [-0.05, 0) is 72.4 Å². The van der Waals surface area contributed by atoms with Crippen molar-refractivity contribution >= 4 is 34.1 Å². The molecule has 0 fully saturated rings. The van der Waals surface area contributed by atoms with Gasteiger partial charge in [-0.3, -0.25) is 4.79 Å². The Kier molecular flexibility index (Phi) is 3.78. The molecule has 5 heteroatoms. The number of ether oxygens (including phenoxy) is 1. The van der Waals surface area contributed by atoms with Gasteiger partial charge in [0.2, 0.25) is 4.38 Å². The minimum Gasteiger partial charge on any atom is -0.479 e. The van der Waals surface area contributed by atoms with Crippen molar-refractivity contribution in [2.75, 3.05) is 6.61 Å². The topological polar surface area (TPSA) is 26.3 Å². The Morgan fingerprint density at radius 2 is 1.90 bits per heavy atom. The normalized spacial score (nSPS) is 12.0. The van der Waals surface area contributed by atoms with E-state index in [-0.39, 0.29) is 5.78 Å². The second-order valence-electron chi connectivity index (χ2n) is 4.51. The van der Waals surface area contributed by atoms with Crippen molar-refractivity contribution in [3.63, 3.8) is 0 Å². The lowest BCUT2D eigenvalue weighted by Gasteiger charge is -2.06. The molecule has 1 aliphatic carbocycles. The van der Waals surface area contributed by atoms with Crippen molar-refractivity contribution in [1.29, 1.82) is 0 Å². The number of hydrogen-bond donors (Lipinski definition) is 0. The third-order valence-electron chi connectivity index (χ3n) is 3.22. The SMILES string of the molecule is CCOC(=S)Sc1ccc2c(c1)-c1ccc(F)cc1C2=O. The highest BCUT2D eigenvalue weighted by molar-refractivity contribution is 8.22. The molecule has 0 N–H and O–H groups in total. The molecule has 3 rings (SSSR count). The van der Waals surface area contributed by atoms with Gasteiger partial charge in [0, 0.05) is 16.0 Å². The third kappa shape index (κ3) is 2.59. The monoisotopic (exact) mass is 318 g/mol. The highest BCUT2D eigenvalue weighted by Gasteiger charge is 2.27. The maximum absolute atomic E-state index is 13.3. The highest BCUT2D eigenvalue weighted by Crippen LogP contribution is 2.39. The van der Waals surface area contributed by atoms with Gasteiger partial charge in [-0.2, -0.15) is 0 Å². The first kappa shape index (κ1) is 14.2. The molecule has 0 aliphatic heterocycles. The van der Waals surface area contributed by atoms with Gasteiger partial charge in [-0.15, -0.1) is 0 Å². The van der Waals surface area contributed by atoms with Crippen molar-refractivity contribution in [3.05, 3.63) is 53.3 Å². The van der Waals surface area contributed by atoms with Gasteiger partial charge < -0.3 is 4.74 Å². The van der Waals surface area contributed by atoms with Crippen LogP contribution in [-0.4, -0.2) is 16.8 Å². The maximum Gasteiger partial charge on any atom is 0.224 e. The lowest BCUT2D eigenvalue weighted by atomic mass is 10.1. The molecule has 2 nitrogen and oxygen atoms in total. The molecule has 0 saturated carbocycles. The van der Waals surface area contributed by atoms with E-state index in [1.54, 1.807) is 12.1 Å². The van der Waals surface area contributed by atoms with Crippen LogP contribution in [0.25, 0.3) is 11.1 Å². The van der Waals surface area contributed by atoms with Crippen molar-refractivity contribution in [1.82, 2.24) is 0 Å². The predicted octanol–water partition coefficient (Wildman–Crippen LogP) is 4.45. The summed E-state index contributed by atoms with van der Waals surface area (Å²) in [6.07, 6.45) is 0. The summed E-state index contributed by atoms with van der Waals surface area (Å²) in [7, 11) is 0. The summed E-state index contributed by atoms with van der Waals surface area (Å²) >= 11 is 6.44. The van der Waals surface area contributed by atoms with E-state index in [0.717, 1.165) is 16.0 Å². The van der Waals surface area contributed by atoms with Crippen LogP contribution < -0.4 is 0 Å². The van der Waals surface area contributed by atoms with Gasteiger partial charge in [0.25, 0.3) is 0 Å². The number of thiocarbonyl (C=S) groups is 1. The fraction of sp³-hybridized carbons (Fsp3) is 0.125. The lowest BCUT2D eigenvalue weighted by molar-refractivity contribution is 0.104. The number of thioether (sulfide) groups is 1. The van der Waals surface area contributed by atoms with Crippen LogP contribution in [0.4, 0.5) is 4.39 Å². The van der Waals surface area contributed by atoms with Gasteiger partial charge in [0.1, 0.15) is 5.82 Å². The average molecular weight is 318 g/mol. The minimum atomic E-state index is -0.401. The number of rotatable bonds is 2. The molecule has 106 valence electrons. The van der Waals surface area contributed by atoms with Crippen LogP contribution in [0.1, 0.15) is 22.8 Å². The number of ketones is 1. The molecule has 1 aliphatic rings. The van der Waals surface area contributed by atoms with Crippen LogP contribution >= 0.6 is 24.0 Å². The van der Waals surface area contributed by atoms with Crippen LogP contribution in [-0.2, 0) is 4.74 Å². The molecule has 0 spiro atoms. The fourth-order valence-corrected chi connectivity index (χ4v) is 3.42. The van der Waals surface area contributed by atoms with E-state index in [2.05, 4.69) is 0 Å². The number of halogens is 1. The third-order valence-corrected chi connectivity index (χ3v) is 4.36. The van der Waals surface area contributed by atoms with Gasteiger partial charge in [-0.1, -0.05) is 6.07 Å². The highest BCUT2D eigenvalue weighted by atomic mass is 32.2. The molecule has 0 saturated heterocycles. The quantitative estimate of drug-likeness (QED) is 0.515. The van der Waals surface area contributed by atoms with E-state index in [9.17, 15) is 9.18 Å². The van der Waals surface area contributed by atoms with Crippen molar-refractivity contribution < 1.29 is 13.9 Å². The number of carbonyl (C=O) groups is 1. The Morgan fingerprint density at radius 3 is 2.67 bits per heavy atom. The van der Waals surface area contributed by atoms with E-state index < -0.39 is 5.82 Å². The van der Waals surface area contributed by atoms with Crippen molar-refractivity contribution in [3.8, 4) is 11.1 Å². The summed E-state index contributed by atoms with van der Waals surface area (Å²) in [5.41, 5.74) is 2.60. The maximum atomic E-state index is 13.3. The number of hydrogen-bond acceptors (Lipinski definition) is 4. The molecule has 2 aromatic rings. The molecule has 0 aromatic heterocycles. The Bertz CT molecular complexity index is 756. The molecule has 0 unspecified atom stereocenters. The summed E-state index contributed by atoms with van der Waals surface area (Å²) in [6.45, 7) is 2.40. The van der Waals surface area contributed by atoms with Crippen molar-refractivity contribution in [2.24, 2.45) is 0 Å². The average Bonchev–Trinajstić information content (AvgIpc) is 2.72. The molecule has 0 bridgehead atoms. The molecule has 0 amide bonds. The Labute approximate surface area is 131 Å². The molecular weight excluding hydrogens is 307 g/mol. The second-order valence-corrected chi connectivity index (χ2v) is 6.19. The molecule has 0 atom stereocenters. The Hall–Kier alpha value is -1.72. The summed E-state index contributed by atoms with van der Waals surface area (Å²) < 4.78 is 19.0. The van der Waals surface area contributed by atoms with Gasteiger partial charge in [0.05, 0.1) is 6.61 Å². The zero-order chi connectivity index (χ0) is 15.0. The van der Waals surface area contributed by atoms with E-state index in [4.69, 9.17) is 17.0 Å². The minimum absolute atomic E-state index is 0.136. The fourth-order valence-electron chi connectivity index (χ4n) is 2.34. The van der Waals surface area contributed by atoms with Crippen LogP contribution in [0, 0.1) is 5.82 Å². The van der Waals surface area contributed by atoms with Gasteiger partial charge in [-0.25, -0.2) is 4.39 Å². The van der Waals surface area contributed by atoms with E-state index in [0.29, 0.717) is 22.1 Å². The van der Waals surface area contributed by atoms with Gasteiger partial charge in [0.15, 0.2) is 5.78 Å².